The van der Waals surface area contributed by atoms with Gasteiger partial charge in [-0.2, -0.15) is 0 Å². The molecule has 0 unspecified atom stereocenters. The number of amides is 2. The van der Waals surface area contributed by atoms with Gasteiger partial charge < -0.3 is 9.80 Å². The molecule has 0 aromatic rings. The molecule has 0 aromatic heterocycles. The number of carbonyl (C=O) groups is 1. The van der Waals surface area contributed by atoms with Crippen LogP contribution in [0.3, 0.4) is 0 Å². The highest BCUT2D eigenvalue weighted by Gasteiger charge is 2.20. The Morgan fingerprint density at radius 3 is 1.79 bits per heavy atom. The van der Waals surface area contributed by atoms with Crippen LogP contribution in [0.1, 0.15) is 40.5 Å². The van der Waals surface area contributed by atoms with Crippen LogP contribution in [0.4, 0.5) is 4.79 Å². The van der Waals surface area contributed by atoms with Gasteiger partial charge in [0.2, 0.25) is 0 Å². The average Bonchev–Trinajstić information content (AvgIpc) is 2.21. The smallest absolute Gasteiger partial charge is 0.319 e. The number of hydrogen-bond acceptors (Lipinski definition) is 1. The van der Waals surface area contributed by atoms with Gasteiger partial charge in [0.05, 0.1) is 0 Å². The summed E-state index contributed by atoms with van der Waals surface area (Å²) in [5.41, 5.74) is 0. The number of urea groups is 1. The third-order valence-electron chi connectivity index (χ3n) is 2.83. The summed E-state index contributed by atoms with van der Waals surface area (Å²) in [6, 6.07) is 0.534. The van der Waals surface area contributed by atoms with Crippen LogP contribution in [0, 0.1) is 0 Å². The molecule has 0 bridgehead atoms. The highest BCUT2D eigenvalue weighted by molar-refractivity contribution is 5.74. The summed E-state index contributed by atoms with van der Waals surface area (Å²) in [7, 11) is 1.90. The molecule has 0 fully saturated rings. The van der Waals surface area contributed by atoms with Crippen molar-refractivity contribution in [2.45, 2.75) is 46.6 Å². The highest BCUT2D eigenvalue weighted by Crippen LogP contribution is 2.08. The topological polar surface area (TPSA) is 23.6 Å². The van der Waals surface area contributed by atoms with E-state index in [0.717, 1.165) is 25.9 Å². The molecule has 0 aliphatic heterocycles. The minimum atomic E-state index is 0.156. The zero-order valence-electron chi connectivity index (χ0n) is 10.2. The minimum Gasteiger partial charge on any atom is -0.325 e. The number of carbonyl (C=O) groups excluding carboxylic acids is 1. The molecular weight excluding hydrogens is 176 g/mol. The number of hydrogen-bond donors (Lipinski definition) is 0. The van der Waals surface area contributed by atoms with Crippen LogP contribution >= 0.6 is 0 Å². The standard InChI is InChI=1S/C11H24N2O/c1-6-10(7-2)12(5)11(14)13(8-3)9-4/h10H,6-9H2,1-5H3. The number of nitrogens with zero attached hydrogens (tertiary/aromatic N) is 2. The summed E-state index contributed by atoms with van der Waals surface area (Å²) < 4.78 is 0. The van der Waals surface area contributed by atoms with Crippen LogP contribution in [-0.4, -0.2) is 42.0 Å². The summed E-state index contributed by atoms with van der Waals surface area (Å²) in [6.07, 6.45) is 2.06. The highest BCUT2D eigenvalue weighted by atomic mass is 16.2. The van der Waals surface area contributed by atoms with Crippen molar-refractivity contribution in [1.82, 2.24) is 9.80 Å². The first-order chi connectivity index (χ1) is 6.62. The quantitative estimate of drug-likeness (QED) is 0.669. The van der Waals surface area contributed by atoms with Gasteiger partial charge in [-0.25, -0.2) is 4.79 Å². The Morgan fingerprint density at radius 2 is 1.50 bits per heavy atom. The first-order valence-electron chi connectivity index (χ1n) is 5.63. The van der Waals surface area contributed by atoms with Gasteiger partial charge in [0.1, 0.15) is 0 Å². The lowest BCUT2D eigenvalue weighted by molar-refractivity contribution is 0.148. The van der Waals surface area contributed by atoms with E-state index in [4.69, 9.17) is 0 Å². The molecule has 14 heavy (non-hydrogen) atoms. The van der Waals surface area contributed by atoms with Crippen molar-refractivity contribution in [3.05, 3.63) is 0 Å². The second kappa shape index (κ2) is 6.68. The summed E-state index contributed by atoms with van der Waals surface area (Å²) in [5.74, 6) is 0. The lowest BCUT2D eigenvalue weighted by Gasteiger charge is -2.31. The predicted molar refractivity (Wildman–Crippen MR) is 60.5 cm³/mol. The zero-order valence-corrected chi connectivity index (χ0v) is 10.2. The third-order valence-corrected chi connectivity index (χ3v) is 2.83. The largest absolute Gasteiger partial charge is 0.325 e. The van der Waals surface area contributed by atoms with Crippen molar-refractivity contribution in [2.75, 3.05) is 20.1 Å². The first-order valence-corrected chi connectivity index (χ1v) is 5.63. The van der Waals surface area contributed by atoms with Crippen LogP contribution < -0.4 is 0 Å². The van der Waals surface area contributed by atoms with Gasteiger partial charge in [-0.05, 0) is 26.7 Å². The van der Waals surface area contributed by atoms with Gasteiger partial charge >= 0.3 is 6.03 Å². The first kappa shape index (κ1) is 13.3. The second-order valence-electron chi connectivity index (χ2n) is 3.54. The Morgan fingerprint density at radius 1 is 1.07 bits per heavy atom. The zero-order chi connectivity index (χ0) is 11.1. The monoisotopic (exact) mass is 200 g/mol. The maximum atomic E-state index is 11.9. The Kier molecular flexibility index (Phi) is 6.34. The lowest BCUT2D eigenvalue weighted by Crippen LogP contribution is -2.45. The summed E-state index contributed by atoms with van der Waals surface area (Å²) in [5, 5.41) is 0. The van der Waals surface area contributed by atoms with Gasteiger partial charge in [-0.3, -0.25) is 0 Å². The summed E-state index contributed by atoms with van der Waals surface area (Å²) >= 11 is 0. The molecule has 0 rings (SSSR count). The van der Waals surface area contributed by atoms with Crippen LogP contribution in [-0.2, 0) is 0 Å². The molecule has 0 aliphatic carbocycles. The summed E-state index contributed by atoms with van der Waals surface area (Å²) in [6.45, 7) is 9.87. The lowest BCUT2D eigenvalue weighted by atomic mass is 10.1. The fraction of sp³-hybridized carbons (Fsp3) is 0.909. The molecule has 0 heterocycles. The van der Waals surface area contributed by atoms with E-state index in [0.29, 0.717) is 6.04 Å². The van der Waals surface area contributed by atoms with Crippen molar-refractivity contribution < 1.29 is 4.79 Å². The van der Waals surface area contributed by atoms with Crippen LogP contribution in [0.15, 0.2) is 0 Å². The van der Waals surface area contributed by atoms with Gasteiger partial charge in [-0.1, -0.05) is 13.8 Å². The third kappa shape index (κ3) is 3.20. The van der Waals surface area contributed by atoms with Crippen molar-refractivity contribution in [3.63, 3.8) is 0 Å². The molecule has 84 valence electrons. The molecule has 0 saturated heterocycles. The van der Waals surface area contributed by atoms with Crippen molar-refractivity contribution in [3.8, 4) is 0 Å². The SMILES string of the molecule is CCC(CC)N(C)C(=O)N(CC)CC. The van der Waals surface area contributed by atoms with Gasteiger partial charge in [0.15, 0.2) is 0 Å². The summed E-state index contributed by atoms with van der Waals surface area (Å²) in [4.78, 5) is 15.6. The van der Waals surface area contributed by atoms with E-state index in [9.17, 15) is 4.79 Å². The maximum Gasteiger partial charge on any atom is 0.319 e. The fourth-order valence-corrected chi connectivity index (χ4v) is 1.71. The van der Waals surface area contributed by atoms with E-state index in [2.05, 4.69) is 13.8 Å². The molecule has 0 atom stereocenters. The Hall–Kier alpha value is -0.730. The molecule has 0 aliphatic rings. The Balaban J connectivity index is 4.34. The van der Waals surface area contributed by atoms with Gasteiger partial charge in [0, 0.05) is 26.2 Å². The molecule has 3 nitrogen and oxygen atoms in total. The molecule has 0 radical (unpaired) electrons. The molecular formula is C11H24N2O. The van der Waals surface area contributed by atoms with Crippen molar-refractivity contribution in [1.29, 1.82) is 0 Å². The Labute approximate surface area is 88.1 Å². The minimum absolute atomic E-state index is 0.156. The van der Waals surface area contributed by atoms with Crippen LogP contribution in [0.5, 0.6) is 0 Å². The Bertz CT molecular complexity index is 163. The van der Waals surface area contributed by atoms with E-state index < -0.39 is 0 Å². The van der Waals surface area contributed by atoms with E-state index in [1.807, 2.05) is 30.7 Å². The normalized spacial score (nSPS) is 10.4. The van der Waals surface area contributed by atoms with Gasteiger partial charge in [-0.15, -0.1) is 0 Å². The van der Waals surface area contributed by atoms with E-state index in [-0.39, 0.29) is 6.03 Å². The maximum absolute atomic E-state index is 11.9. The molecule has 0 saturated carbocycles. The molecule has 3 heteroatoms. The van der Waals surface area contributed by atoms with Gasteiger partial charge in [0.25, 0.3) is 0 Å². The second-order valence-corrected chi connectivity index (χ2v) is 3.54. The molecule has 0 aromatic carbocycles. The van der Waals surface area contributed by atoms with Crippen molar-refractivity contribution in [2.24, 2.45) is 0 Å². The molecule has 2 amide bonds. The number of rotatable bonds is 5. The van der Waals surface area contributed by atoms with E-state index >= 15 is 0 Å². The van der Waals surface area contributed by atoms with Crippen LogP contribution in [0.25, 0.3) is 0 Å². The van der Waals surface area contributed by atoms with E-state index in [1.165, 1.54) is 0 Å². The fourth-order valence-electron chi connectivity index (χ4n) is 1.71. The molecule has 0 N–H and O–H groups in total. The van der Waals surface area contributed by atoms with Crippen molar-refractivity contribution >= 4 is 6.03 Å². The average molecular weight is 200 g/mol. The van der Waals surface area contributed by atoms with E-state index in [1.54, 1.807) is 0 Å². The molecule has 0 spiro atoms. The van der Waals surface area contributed by atoms with Crippen LogP contribution in [0.2, 0.25) is 0 Å². The predicted octanol–water partition coefficient (Wildman–Crippen LogP) is 2.57.